The van der Waals surface area contributed by atoms with Gasteiger partial charge in [0.2, 0.25) is 0 Å². The molecule has 3 N–H and O–H groups in total. The zero-order chi connectivity index (χ0) is 12.6. The van der Waals surface area contributed by atoms with Gasteiger partial charge in [0.25, 0.3) is 0 Å². The van der Waals surface area contributed by atoms with Crippen LogP contribution in [0.1, 0.15) is 16.2 Å². The average Bonchev–Trinajstić information content (AvgIpc) is 2.59. The van der Waals surface area contributed by atoms with Gasteiger partial charge in [0.05, 0.1) is 12.4 Å². The second-order valence-electron chi connectivity index (χ2n) is 3.48. The molecule has 0 unspecified atom stereocenters. The fraction of sp³-hybridized carbons (Fsp3) is 0.111. The summed E-state index contributed by atoms with van der Waals surface area (Å²) in [7, 11) is -4.26. The average molecular weight is 256 g/mol. The molecule has 0 saturated carbocycles. The van der Waals surface area contributed by atoms with Crippen molar-refractivity contribution in [3.63, 3.8) is 0 Å². The van der Waals surface area contributed by atoms with Crippen molar-refractivity contribution in [3.05, 3.63) is 35.8 Å². The van der Waals surface area contributed by atoms with Crippen molar-refractivity contribution >= 4 is 19.2 Å². The summed E-state index contributed by atoms with van der Waals surface area (Å²) in [6.07, 6.45) is 0.627. The standard InChI is InChI=1S/C9H9N2O5P/c12-9(13)7-4-10-8-3-1-2-6(11(7)8)5-17(14,15)16/h1-4H,5H2,(H,12,13)(H2,14,15,16). The monoisotopic (exact) mass is 256 g/mol. The Labute approximate surface area is 95.5 Å². The smallest absolute Gasteiger partial charge is 0.354 e. The van der Waals surface area contributed by atoms with E-state index in [4.69, 9.17) is 14.9 Å². The number of imidazole rings is 1. The molecule has 0 aliphatic heterocycles. The Balaban J connectivity index is 2.66. The van der Waals surface area contributed by atoms with Gasteiger partial charge in [-0.2, -0.15) is 0 Å². The van der Waals surface area contributed by atoms with Crippen molar-refractivity contribution in [2.45, 2.75) is 6.16 Å². The first-order chi connectivity index (χ1) is 7.88. The molecule has 2 heterocycles. The minimum Gasteiger partial charge on any atom is -0.477 e. The van der Waals surface area contributed by atoms with E-state index in [1.54, 1.807) is 12.1 Å². The Hall–Kier alpha value is -1.69. The van der Waals surface area contributed by atoms with Crippen LogP contribution >= 0.6 is 7.60 Å². The Morgan fingerprint density at radius 3 is 2.71 bits per heavy atom. The molecule has 0 spiro atoms. The second-order valence-corrected chi connectivity index (χ2v) is 5.13. The highest BCUT2D eigenvalue weighted by Gasteiger charge is 2.19. The first kappa shape index (κ1) is 11.8. The number of nitrogens with zero attached hydrogens (tertiary/aromatic N) is 2. The highest BCUT2D eigenvalue weighted by molar-refractivity contribution is 7.50. The van der Waals surface area contributed by atoms with Gasteiger partial charge in [0.1, 0.15) is 5.65 Å². The van der Waals surface area contributed by atoms with E-state index in [2.05, 4.69) is 4.98 Å². The summed E-state index contributed by atoms with van der Waals surface area (Å²) in [5.41, 5.74) is 0.433. The SMILES string of the molecule is O=C(O)c1cnc2cccc(CP(=O)(O)O)n12. The van der Waals surface area contributed by atoms with Gasteiger partial charge in [-0.3, -0.25) is 8.97 Å². The molecule has 2 rings (SSSR count). The van der Waals surface area contributed by atoms with E-state index >= 15 is 0 Å². The zero-order valence-corrected chi connectivity index (χ0v) is 9.41. The predicted octanol–water partition coefficient (Wildman–Crippen LogP) is 0.710. The van der Waals surface area contributed by atoms with Gasteiger partial charge in [-0.15, -0.1) is 0 Å². The summed E-state index contributed by atoms with van der Waals surface area (Å²) in [6.45, 7) is 0. The molecule has 8 heteroatoms. The topological polar surface area (TPSA) is 112 Å². The molecule has 0 aromatic carbocycles. The summed E-state index contributed by atoms with van der Waals surface area (Å²) in [5, 5.41) is 8.94. The van der Waals surface area contributed by atoms with Crippen molar-refractivity contribution < 1.29 is 24.3 Å². The molecule has 0 aliphatic carbocycles. The Kier molecular flexibility index (Phi) is 2.74. The highest BCUT2D eigenvalue weighted by Crippen LogP contribution is 2.39. The van der Waals surface area contributed by atoms with Crippen molar-refractivity contribution in [1.82, 2.24) is 9.38 Å². The molecule has 2 aromatic rings. The van der Waals surface area contributed by atoms with E-state index in [1.807, 2.05) is 0 Å². The third-order valence-corrected chi connectivity index (χ3v) is 2.93. The van der Waals surface area contributed by atoms with Gasteiger partial charge in [-0.1, -0.05) is 6.07 Å². The number of rotatable bonds is 3. The van der Waals surface area contributed by atoms with Crippen LogP contribution in [0.4, 0.5) is 0 Å². The minimum absolute atomic E-state index is 0.121. The number of aromatic carboxylic acids is 1. The maximum atomic E-state index is 11.0. The normalized spacial score (nSPS) is 11.9. The van der Waals surface area contributed by atoms with Crippen molar-refractivity contribution in [3.8, 4) is 0 Å². The van der Waals surface area contributed by atoms with Crippen LogP contribution in [-0.2, 0) is 10.7 Å². The molecule has 2 aromatic heterocycles. The Bertz CT molecular complexity index is 629. The minimum atomic E-state index is -4.26. The maximum Gasteiger partial charge on any atom is 0.354 e. The number of carboxylic acids is 1. The third-order valence-electron chi connectivity index (χ3n) is 2.20. The second kappa shape index (κ2) is 3.96. The van der Waals surface area contributed by atoms with Crippen LogP contribution in [0.15, 0.2) is 24.4 Å². The van der Waals surface area contributed by atoms with E-state index < -0.39 is 19.7 Å². The van der Waals surface area contributed by atoms with Gasteiger partial charge >= 0.3 is 13.6 Å². The molecule has 17 heavy (non-hydrogen) atoms. The summed E-state index contributed by atoms with van der Waals surface area (Å²) in [5.74, 6) is -1.20. The molecule has 7 nitrogen and oxygen atoms in total. The number of pyridine rings is 1. The lowest BCUT2D eigenvalue weighted by atomic mass is 10.3. The third kappa shape index (κ3) is 2.36. The molecule has 0 atom stereocenters. The van der Waals surface area contributed by atoms with Crippen LogP contribution in [0.3, 0.4) is 0 Å². The van der Waals surface area contributed by atoms with E-state index in [9.17, 15) is 9.36 Å². The van der Waals surface area contributed by atoms with Gasteiger partial charge in [-0.25, -0.2) is 9.78 Å². The van der Waals surface area contributed by atoms with Crippen LogP contribution in [0, 0.1) is 0 Å². The number of carboxylic acid groups (broad SMARTS) is 1. The van der Waals surface area contributed by atoms with Gasteiger partial charge in [-0.05, 0) is 12.1 Å². The largest absolute Gasteiger partial charge is 0.477 e. The van der Waals surface area contributed by atoms with Crippen LogP contribution in [0.25, 0.3) is 5.65 Å². The Morgan fingerprint density at radius 2 is 2.12 bits per heavy atom. The van der Waals surface area contributed by atoms with Crippen LogP contribution in [-0.4, -0.2) is 30.2 Å². The lowest BCUT2D eigenvalue weighted by molar-refractivity contribution is 0.0689. The molecule has 0 radical (unpaired) electrons. The number of hydrogen-bond acceptors (Lipinski definition) is 3. The summed E-state index contributed by atoms with van der Waals surface area (Å²) in [4.78, 5) is 32.7. The fourth-order valence-corrected chi connectivity index (χ4v) is 2.26. The Morgan fingerprint density at radius 1 is 1.41 bits per heavy atom. The van der Waals surface area contributed by atoms with Crippen LogP contribution in [0.2, 0.25) is 0 Å². The lowest BCUT2D eigenvalue weighted by Crippen LogP contribution is -2.06. The fourth-order valence-electron chi connectivity index (χ4n) is 1.59. The van der Waals surface area contributed by atoms with Crippen molar-refractivity contribution in [1.29, 1.82) is 0 Å². The zero-order valence-electron chi connectivity index (χ0n) is 8.52. The maximum absolute atomic E-state index is 11.0. The van der Waals surface area contributed by atoms with Gasteiger partial charge in [0.15, 0.2) is 5.69 Å². The predicted molar refractivity (Wildman–Crippen MR) is 57.9 cm³/mol. The number of hydrogen-bond donors (Lipinski definition) is 3. The number of carbonyl (C=O) groups is 1. The number of aromatic nitrogens is 2. The van der Waals surface area contributed by atoms with Crippen molar-refractivity contribution in [2.75, 3.05) is 0 Å². The quantitative estimate of drug-likeness (QED) is 0.697. The van der Waals surface area contributed by atoms with E-state index in [-0.39, 0.29) is 11.4 Å². The van der Waals surface area contributed by atoms with E-state index in [0.717, 1.165) is 6.20 Å². The van der Waals surface area contributed by atoms with E-state index in [1.165, 1.54) is 10.5 Å². The van der Waals surface area contributed by atoms with E-state index in [0.29, 0.717) is 5.65 Å². The van der Waals surface area contributed by atoms with Crippen molar-refractivity contribution in [2.24, 2.45) is 0 Å². The summed E-state index contributed by atoms with van der Waals surface area (Å²) < 4.78 is 12.2. The van der Waals surface area contributed by atoms with Crippen LogP contribution < -0.4 is 0 Å². The van der Waals surface area contributed by atoms with Crippen LogP contribution in [0.5, 0.6) is 0 Å². The molecule has 0 fully saturated rings. The molecule has 0 saturated heterocycles. The summed E-state index contributed by atoms with van der Waals surface area (Å²) in [6, 6.07) is 4.59. The molecule has 90 valence electrons. The first-order valence-electron chi connectivity index (χ1n) is 4.62. The number of fused-ring (bicyclic) bond motifs is 1. The first-order valence-corrected chi connectivity index (χ1v) is 6.41. The lowest BCUT2D eigenvalue weighted by Gasteiger charge is -2.08. The molecule has 0 amide bonds. The molecular weight excluding hydrogens is 247 g/mol. The van der Waals surface area contributed by atoms with Gasteiger partial charge < -0.3 is 14.9 Å². The molecule has 0 aliphatic rings. The molecule has 0 bridgehead atoms. The highest BCUT2D eigenvalue weighted by atomic mass is 31.2. The molecular formula is C9H9N2O5P. The summed E-state index contributed by atoms with van der Waals surface area (Å²) >= 11 is 0. The van der Waals surface area contributed by atoms with Gasteiger partial charge in [0, 0.05) is 5.69 Å².